The van der Waals surface area contributed by atoms with Crippen LogP contribution < -0.4 is 16.8 Å². The van der Waals surface area contributed by atoms with Crippen molar-refractivity contribution in [1.29, 1.82) is 0 Å². The third kappa shape index (κ3) is 2.92. The monoisotopic (exact) mass is 294 g/mol. The molecule has 0 aliphatic heterocycles. The fourth-order valence-corrected chi connectivity index (χ4v) is 1.83. The Balaban J connectivity index is 2.31. The van der Waals surface area contributed by atoms with E-state index in [1.54, 1.807) is 22.9 Å². The Hall–Kier alpha value is -1.66. The lowest BCUT2D eigenvalue weighted by Crippen LogP contribution is -2.19. The Kier molecular flexibility index (Phi) is 3.55. The van der Waals surface area contributed by atoms with Gasteiger partial charge in [-0.2, -0.15) is 0 Å². The molecule has 0 aliphatic carbocycles. The van der Waals surface area contributed by atoms with Crippen LogP contribution in [0.3, 0.4) is 0 Å². The summed E-state index contributed by atoms with van der Waals surface area (Å²) < 4.78 is 2.43. The molecule has 88 valence electrons. The van der Waals surface area contributed by atoms with Gasteiger partial charge in [0.05, 0.1) is 12.2 Å². The van der Waals surface area contributed by atoms with Gasteiger partial charge in [-0.3, -0.25) is 4.79 Å². The van der Waals surface area contributed by atoms with E-state index < -0.39 is 0 Å². The molecule has 0 aliphatic rings. The average Bonchev–Trinajstić information content (AvgIpc) is 2.34. The predicted molar refractivity (Wildman–Crippen MR) is 69.6 cm³/mol. The summed E-state index contributed by atoms with van der Waals surface area (Å²) in [5.41, 5.74) is 3.17. The first-order valence-corrected chi connectivity index (χ1v) is 5.77. The Labute approximate surface area is 106 Å². The van der Waals surface area contributed by atoms with E-state index in [0.29, 0.717) is 12.4 Å². The van der Waals surface area contributed by atoms with Crippen LogP contribution in [0, 0.1) is 0 Å². The highest BCUT2D eigenvalue weighted by atomic mass is 79.9. The second kappa shape index (κ2) is 5.11. The zero-order valence-corrected chi connectivity index (χ0v) is 10.5. The summed E-state index contributed by atoms with van der Waals surface area (Å²) in [5, 5.41) is 0. The minimum Gasteiger partial charge on any atom is -0.308 e. The van der Waals surface area contributed by atoms with Gasteiger partial charge in [0.15, 0.2) is 0 Å². The third-order valence-electron chi connectivity index (χ3n) is 2.23. The first-order valence-electron chi connectivity index (χ1n) is 4.97. The molecule has 0 fully saturated rings. The van der Waals surface area contributed by atoms with Crippen molar-refractivity contribution in [2.45, 2.75) is 6.54 Å². The minimum atomic E-state index is -0.0684. The van der Waals surface area contributed by atoms with Gasteiger partial charge in [-0.1, -0.05) is 6.07 Å². The molecule has 0 saturated carbocycles. The zero-order chi connectivity index (χ0) is 12.3. The number of halogens is 1. The van der Waals surface area contributed by atoms with Crippen LogP contribution in [0.25, 0.3) is 0 Å². The number of nitrogens with zero attached hydrogens (tertiary/aromatic N) is 2. The number of nitrogens with two attached hydrogens (primary N) is 1. The maximum Gasteiger partial charge on any atom is 0.250 e. The number of rotatable bonds is 3. The van der Waals surface area contributed by atoms with Gasteiger partial charge in [-0.25, -0.2) is 10.8 Å². The van der Waals surface area contributed by atoms with Gasteiger partial charge in [0.1, 0.15) is 5.82 Å². The maximum absolute atomic E-state index is 11.6. The molecule has 0 unspecified atom stereocenters. The number of hydrogen-bond acceptors (Lipinski definition) is 4. The van der Waals surface area contributed by atoms with Crippen molar-refractivity contribution in [3.8, 4) is 0 Å². The number of hydrogen-bond donors (Lipinski definition) is 2. The normalized spacial score (nSPS) is 10.2. The highest BCUT2D eigenvalue weighted by molar-refractivity contribution is 9.10. The Morgan fingerprint density at radius 1 is 1.35 bits per heavy atom. The van der Waals surface area contributed by atoms with E-state index >= 15 is 0 Å². The molecule has 3 N–H and O–H groups in total. The van der Waals surface area contributed by atoms with Crippen LogP contribution in [0.5, 0.6) is 0 Å². The molecule has 5 nitrogen and oxygen atoms in total. The number of anilines is 1. The van der Waals surface area contributed by atoms with E-state index in [-0.39, 0.29) is 5.56 Å². The van der Waals surface area contributed by atoms with Crippen LogP contribution in [0.4, 0.5) is 5.82 Å². The summed E-state index contributed by atoms with van der Waals surface area (Å²) >= 11 is 3.33. The summed E-state index contributed by atoms with van der Waals surface area (Å²) in [7, 11) is 0. The van der Waals surface area contributed by atoms with Crippen LogP contribution in [0.1, 0.15) is 5.69 Å². The van der Waals surface area contributed by atoms with Crippen LogP contribution in [0.2, 0.25) is 0 Å². The highest BCUT2D eigenvalue weighted by Gasteiger charge is 2.01. The summed E-state index contributed by atoms with van der Waals surface area (Å²) in [4.78, 5) is 15.9. The summed E-state index contributed by atoms with van der Waals surface area (Å²) in [6.45, 7) is 0.411. The van der Waals surface area contributed by atoms with Crippen LogP contribution >= 0.6 is 15.9 Å². The van der Waals surface area contributed by atoms with Crippen molar-refractivity contribution in [1.82, 2.24) is 9.55 Å². The number of nitrogen functional groups attached to an aromatic ring is 1. The summed E-state index contributed by atoms with van der Waals surface area (Å²) in [5.74, 6) is 5.85. The molecule has 0 atom stereocenters. The SMILES string of the molecule is NNc1cccc(Cn2cc(Br)ccc2=O)n1. The Bertz CT molecular complexity index is 582. The van der Waals surface area contributed by atoms with Gasteiger partial charge in [0, 0.05) is 16.7 Å². The molecule has 0 radical (unpaired) electrons. The Morgan fingerprint density at radius 3 is 2.94 bits per heavy atom. The third-order valence-corrected chi connectivity index (χ3v) is 2.70. The lowest BCUT2D eigenvalue weighted by Gasteiger charge is -2.06. The number of nitrogens with one attached hydrogen (secondary N) is 1. The molecular weight excluding hydrogens is 284 g/mol. The average molecular weight is 295 g/mol. The van der Waals surface area contributed by atoms with Gasteiger partial charge < -0.3 is 9.99 Å². The molecule has 2 aromatic heterocycles. The molecule has 6 heteroatoms. The highest BCUT2D eigenvalue weighted by Crippen LogP contribution is 2.08. The van der Waals surface area contributed by atoms with Crippen LogP contribution in [-0.4, -0.2) is 9.55 Å². The van der Waals surface area contributed by atoms with Gasteiger partial charge in [0.2, 0.25) is 0 Å². The van der Waals surface area contributed by atoms with E-state index in [4.69, 9.17) is 5.84 Å². The van der Waals surface area contributed by atoms with E-state index in [9.17, 15) is 4.79 Å². The molecule has 2 heterocycles. The molecule has 2 rings (SSSR count). The van der Waals surface area contributed by atoms with Gasteiger partial charge in [-0.05, 0) is 34.1 Å². The molecule has 17 heavy (non-hydrogen) atoms. The van der Waals surface area contributed by atoms with E-state index in [0.717, 1.165) is 10.2 Å². The van der Waals surface area contributed by atoms with Gasteiger partial charge >= 0.3 is 0 Å². The van der Waals surface area contributed by atoms with Crippen molar-refractivity contribution in [3.05, 3.63) is 57.0 Å². The minimum absolute atomic E-state index is 0.0684. The molecule has 0 bridgehead atoms. The van der Waals surface area contributed by atoms with Gasteiger partial charge in [-0.15, -0.1) is 0 Å². The van der Waals surface area contributed by atoms with Gasteiger partial charge in [0.25, 0.3) is 5.56 Å². The maximum atomic E-state index is 11.6. The fraction of sp³-hybridized carbons (Fsp3) is 0.0909. The molecular formula is C11H11BrN4O. The van der Waals surface area contributed by atoms with Crippen molar-refractivity contribution >= 4 is 21.7 Å². The predicted octanol–water partition coefficient (Wildman–Crippen LogP) is 1.34. The lowest BCUT2D eigenvalue weighted by atomic mass is 10.3. The second-order valence-corrected chi connectivity index (χ2v) is 4.39. The van der Waals surface area contributed by atoms with Crippen LogP contribution in [0.15, 0.2) is 45.8 Å². The van der Waals surface area contributed by atoms with Crippen molar-refractivity contribution in [3.63, 3.8) is 0 Å². The molecule has 0 aromatic carbocycles. The Morgan fingerprint density at radius 2 is 2.18 bits per heavy atom. The number of pyridine rings is 2. The van der Waals surface area contributed by atoms with E-state index in [2.05, 4.69) is 26.3 Å². The first-order chi connectivity index (χ1) is 8.19. The van der Waals surface area contributed by atoms with Crippen molar-refractivity contribution < 1.29 is 0 Å². The largest absolute Gasteiger partial charge is 0.308 e. The molecule has 2 aromatic rings. The van der Waals surface area contributed by atoms with Crippen molar-refractivity contribution in [2.75, 3.05) is 5.43 Å². The standard InChI is InChI=1S/C11H11BrN4O/c12-8-4-5-11(17)16(6-8)7-9-2-1-3-10(14-9)15-13/h1-6H,7,13H2,(H,14,15). The lowest BCUT2D eigenvalue weighted by molar-refractivity contribution is 0.737. The fourth-order valence-electron chi connectivity index (χ4n) is 1.45. The zero-order valence-electron chi connectivity index (χ0n) is 8.93. The quantitative estimate of drug-likeness (QED) is 0.662. The second-order valence-electron chi connectivity index (χ2n) is 3.47. The molecule has 0 spiro atoms. The number of aromatic nitrogens is 2. The number of hydrazine groups is 1. The molecule has 0 amide bonds. The van der Waals surface area contributed by atoms with Crippen LogP contribution in [-0.2, 0) is 6.54 Å². The van der Waals surface area contributed by atoms with Crippen molar-refractivity contribution in [2.24, 2.45) is 5.84 Å². The molecule has 0 saturated heterocycles. The summed E-state index contributed by atoms with van der Waals surface area (Å²) in [6.07, 6.45) is 1.73. The smallest absolute Gasteiger partial charge is 0.250 e. The first kappa shape index (κ1) is 11.8. The summed E-state index contributed by atoms with van der Waals surface area (Å²) in [6, 6.07) is 8.65. The van der Waals surface area contributed by atoms with E-state index in [1.165, 1.54) is 6.07 Å². The topological polar surface area (TPSA) is 72.9 Å². The van der Waals surface area contributed by atoms with E-state index in [1.807, 2.05) is 12.1 Å².